The van der Waals surface area contributed by atoms with Gasteiger partial charge in [0.15, 0.2) is 5.13 Å². The van der Waals surface area contributed by atoms with Crippen LogP contribution in [0.15, 0.2) is 58.8 Å². The van der Waals surface area contributed by atoms with E-state index in [0.717, 1.165) is 12.0 Å². The molecule has 142 valence electrons. The van der Waals surface area contributed by atoms with E-state index in [2.05, 4.69) is 22.4 Å². The molecule has 1 fully saturated rings. The summed E-state index contributed by atoms with van der Waals surface area (Å²) in [6.07, 6.45) is 3.44. The molecule has 0 spiro atoms. The third-order valence-electron chi connectivity index (χ3n) is 5.87. The van der Waals surface area contributed by atoms with Crippen LogP contribution in [0.2, 0.25) is 0 Å². The van der Waals surface area contributed by atoms with Gasteiger partial charge in [-0.15, -0.1) is 11.3 Å². The topological polar surface area (TPSA) is 71.5 Å². The molecule has 0 radical (unpaired) electrons. The summed E-state index contributed by atoms with van der Waals surface area (Å²) in [6.45, 7) is 3.67. The molecule has 28 heavy (non-hydrogen) atoms. The van der Waals surface area contributed by atoms with Crippen LogP contribution in [-0.2, 0) is 20.7 Å². The second-order valence-corrected chi connectivity index (χ2v) is 8.19. The lowest BCUT2D eigenvalue weighted by atomic mass is 9.97. The van der Waals surface area contributed by atoms with E-state index >= 15 is 0 Å². The molecule has 2 amide bonds. The lowest BCUT2D eigenvalue weighted by Gasteiger charge is -2.23. The maximum absolute atomic E-state index is 12.7. The van der Waals surface area contributed by atoms with Gasteiger partial charge in [-0.2, -0.15) is 0 Å². The van der Waals surface area contributed by atoms with Crippen molar-refractivity contribution in [2.75, 3.05) is 4.90 Å². The molecule has 1 aliphatic carbocycles. The average molecular weight is 393 g/mol. The Morgan fingerprint density at radius 2 is 2.11 bits per heavy atom. The second kappa shape index (κ2) is 6.31. The highest BCUT2D eigenvalue weighted by Gasteiger charge is 2.44. The standard InChI is InChI=1S/C21H19N3O3S/c1-11-12(2)20(24(19(11)26)21-22-7-8-28-21)27-10-16-15-9-13-5-3-4-6-14(13)17(15)23-18(16)25/h3-8,10,15,17,20H,9H2,1-2H3,(H,23,25)/b16-10+. The summed E-state index contributed by atoms with van der Waals surface area (Å²) >= 11 is 1.38. The number of rotatable bonds is 3. The lowest BCUT2D eigenvalue weighted by Crippen LogP contribution is -2.36. The van der Waals surface area contributed by atoms with Crippen LogP contribution in [-0.4, -0.2) is 23.0 Å². The van der Waals surface area contributed by atoms with Gasteiger partial charge in [-0.3, -0.25) is 9.59 Å². The number of carbonyl (C=O) groups excluding carboxylic acids is 2. The predicted octanol–water partition coefficient (Wildman–Crippen LogP) is 3.10. The van der Waals surface area contributed by atoms with Crippen LogP contribution < -0.4 is 10.2 Å². The Hall–Kier alpha value is -2.93. The number of amides is 2. The number of nitrogens with zero attached hydrogens (tertiary/aromatic N) is 2. The van der Waals surface area contributed by atoms with E-state index in [0.29, 0.717) is 16.3 Å². The van der Waals surface area contributed by atoms with Gasteiger partial charge in [0.1, 0.15) is 0 Å². The summed E-state index contributed by atoms with van der Waals surface area (Å²) < 4.78 is 6.04. The molecule has 3 atom stereocenters. The van der Waals surface area contributed by atoms with Crippen LogP contribution >= 0.6 is 11.3 Å². The Bertz CT molecular complexity index is 1040. The number of anilines is 1. The first-order chi connectivity index (χ1) is 13.6. The molecule has 3 heterocycles. The predicted molar refractivity (Wildman–Crippen MR) is 105 cm³/mol. The molecule has 0 bridgehead atoms. The van der Waals surface area contributed by atoms with Crippen LogP contribution in [0.5, 0.6) is 0 Å². The van der Waals surface area contributed by atoms with Crippen molar-refractivity contribution in [3.8, 4) is 0 Å². The van der Waals surface area contributed by atoms with Crippen LogP contribution in [0.1, 0.15) is 31.0 Å². The maximum atomic E-state index is 12.7. The quantitative estimate of drug-likeness (QED) is 0.643. The van der Waals surface area contributed by atoms with Gasteiger partial charge >= 0.3 is 0 Å². The van der Waals surface area contributed by atoms with Gasteiger partial charge in [-0.25, -0.2) is 9.88 Å². The minimum absolute atomic E-state index is 0.00259. The van der Waals surface area contributed by atoms with E-state index in [-0.39, 0.29) is 23.8 Å². The van der Waals surface area contributed by atoms with Crippen LogP contribution in [0.4, 0.5) is 5.13 Å². The molecule has 7 heteroatoms. The Balaban J connectivity index is 1.44. The smallest absolute Gasteiger partial charge is 0.259 e. The van der Waals surface area contributed by atoms with Crippen molar-refractivity contribution in [1.29, 1.82) is 0 Å². The van der Waals surface area contributed by atoms with Gasteiger partial charge < -0.3 is 10.1 Å². The van der Waals surface area contributed by atoms with Gasteiger partial charge in [-0.1, -0.05) is 24.3 Å². The SMILES string of the molecule is CC1=C(C)C(O/C=C2/C(=O)NC3c4ccccc4CC23)N(c2nccs2)C1=O. The van der Waals surface area contributed by atoms with E-state index < -0.39 is 6.23 Å². The van der Waals surface area contributed by atoms with Gasteiger partial charge in [0.05, 0.1) is 17.9 Å². The Labute approximate surface area is 166 Å². The van der Waals surface area contributed by atoms with Crippen molar-refractivity contribution in [2.45, 2.75) is 32.5 Å². The third kappa shape index (κ3) is 2.43. The number of carbonyl (C=O) groups is 2. The number of benzene rings is 1. The van der Waals surface area contributed by atoms with Crippen molar-refractivity contribution in [1.82, 2.24) is 10.3 Å². The monoisotopic (exact) mass is 393 g/mol. The van der Waals surface area contributed by atoms with Crippen molar-refractivity contribution < 1.29 is 14.3 Å². The molecule has 0 saturated carbocycles. The molecule has 3 unspecified atom stereocenters. The van der Waals surface area contributed by atoms with Crippen molar-refractivity contribution >= 4 is 28.3 Å². The van der Waals surface area contributed by atoms with Crippen LogP contribution in [0.25, 0.3) is 0 Å². The highest BCUT2D eigenvalue weighted by Crippen LogP contribution is 2.44. The molecule has 1 aromatic heterocycles. The van der Waals surface area contributed by atoms with Crippen molar-refractivity contribution in [2.24, 2.45) is 5.92 Å². The summed E-state index contributed by atoms with van der Waals surface area (Å²) in [6, 6.07) is 8.19. The summed E-state index contributed by atoms with van der Waals surface area (Å²) in [5.41, 5.74) is 4.56. The molecular formula is C21H19N3O3S. The first-order valence-corrected chi connectivity index (χ1v) is 10.1. The van der Waals surface area contributed by atoms with E-state index in [4.69, 9.17) is 4.74 Å². The Morgan fingerprint density at radius 1 is 1.29 bits per heavy atom. The van der Waals surface area contributed by atoms with E-state index in [1.54, 1.807) is 24.3 Å². The summed E-state index contributed by atoms with van der Waals surface area (Å²) in [4.78, 5) is 31.0. The van der Waals surface area contributed by atoms with Crippen molar-refractivity contribution in [3.05, 3.63) is 70.0 Å². The van der Waals surface area contributed by atoms with Gasteiger partial charge in [0.2, 0.25) is 6.23 Å². The molecule has 1 N–H and O–H groups in total. The number of ether oxygens (including phenoxy) is 1. The molecule has 3 aliphatic rings. The number of thiazole rings is 1. The molecular weight excluding hydrogens is 374 g/mol. The highest BCUT2D eigenvalue weighted by atomic mass is 32.1. The van der Waals surface area contributed by atoms with Gasteiger partial charge in [0, 0.05) is 23.1 Å². The average Bonchev–Trinajstić information content (AvgIpc) is 3.43. The number of hydrogen-bond acceptors (Lipinski definition) is 5. The van der Waals surface area contributed by atoms with E-state index in [1.807, 2.05) is 24.4 Å². The first-order valence-electron chi connectivity index (χ1n) is 9.21. The number of hydrogen-bond donors (Lipinski definition) is 1. The molecule has 1 aromatic carbocycles. The summed E-state index contributed by atoms with van der Waals surface area (Å²) in [5.74, 6) is -0.161. The number of aromatic nitrogens is 1. The first kappa shape index (κ1) is 17.2. The zero-order chi connectivity index (χ0) is 19.4. The zero-order valence-electron chi connectivity index (χ0n) is 15.5. The summed E-state index contributed by atoms with van der Waals surface area (Å²) in [5, 5.41) is 5.49. The minimum Gasteiger partial charge on any atom is -0.473 e. The lowest BCUT2D eigenvalue weighted by molar-refractivity contribution is -0.116. The fraction of sp³-hybridized carbons (Fsp3) is 0.286. The molecule has 2 aromatic rings. The van der Waals surface area contributed by atoms with Gasteiger partial charge in [-0.05, 0) is 37.0 Å². The summed E-state index contributed by atoms with van der Waals surface area (Å²) in [7, 11) is 0. The molecule has 5 rings (SSSR count). The largest absolute Gasteiger partial charge is 0.473 e. The van der Waals surface area contributed by atoms with Crippen LogP contribution in [0.3, 0.4) is 0 Å². The van der Waals surface area contributed by atoms with Gasteiger partial charge in [0.25, 0.3) is 11.8 Å². The van der Waals surface area contributed by atoms with E-state index in [9.17, 15) is 9.59 Å². The van der Waals surface area contributed by atoms with Crippen molar-refractivity contribution in [3.63, 3.8) is 0 Å². The second-order valence-electron chi connectivity index (χ2n) is 7.32. The fourth-order valence-corrected chi connectivity index (χ4v) is 4.91. The number of nitrogens with one attached hydrogen (secondary N) is 1. The Kier molecular flexibility index (Phi) is 3.87. The number of fused-ring (bicyclic) bond motifs is 3. The molecule has 1 saturated heterocycles. The van der Waals surface area contributed by atoms with Crippen LogP contribution in [0, 0.1) is 5.92 Å². The molecule has 2 aliphatic heterocycles. The third-order valence-corrected chi connectivity index (χ3v) is 6.64. The van der Waals surface area contributed by atoms with E-state index in [1.165, 1.54) is 22.5 Å². The fourth-order valence-electron chi connectivity index (χ4n) is 4.25. The maximum Gasteiger partial charge on any atom is 0.259 e. The normalized spacial score (nSPS) is 27.4. The minimum atomic E-state index is -0.582. The Morgan fingerprint density at radius 3 is 2.89 bits per heavy atom. The zero-order valence-corrected chi connectivity index (χ0v) is 16.3. The highest BCUT2D eigenvalue weighted by molar-refractivity contribution is 7.13. The molecule has 6 nitrogen and oxygen atoms in total.